The molecule has 2 heterocycles. The fourth-order valence-corrected chi connectivity index (χ4v) is 9.97. The van der Waals surface area contributed by atoms with Gasteiger partial charge in [-0.15, -0.1) is 0 Å². The molecular weight excluding hydrogens is 813 g/mol. The van der Waals surface area contributed by atoms with Crippen LogP contribution in [0.25, 0.3) is 127 Å². The normalized spacial score (nSPS) is 11.6. The lowest BCUT2D eigenvalue weighted by Crippen LogP contribution is -2.02. The zero-order chi connectivity index (χ0) is 44.3. The van der Waals surface area contributed by atoms with Gasteiger partial charge in [-0.05, 0) is 102 Å². The third-order valence-electron chi connectivity index (χ3n) is 13.2. The lowest BCUT2D eigenvalue weighted by Gasteiger charge is -2.16. The molecule has 0 saturated heterocycles. The van der Waals surface area contributed by atoms with Gasteiger partial charge in [-0.25, -0.2) is 15.0 Å². The molecule has 2 aromatic heterocycles. The smallest absolute Gasteiger partial charge is 0.164 e. The second-order valence-corrected chi connectivity index (χ2v) is 17.2. The van der Waals surface area contributed by atoms with Gasteiger partial charge < -0.3 is 4.57 Å². The summed E-state index contributed by atoms with van der Waals surface area (Å²) in [6.07, 6.45) is 0. The zero-order valence-electron chi connectivity index (χ0n) is 36.4. The van der Waals surface area contributed by atoms with Gasteiger partial charge in [0.15, 0.2) is 17.5 Å². The maximum Gasteiger partial charge on any atom is 0.164 e. The number of rotatable bonds is 7. The van der Waals surface area contributed by atoms with E-state index < -0.39 is 0 Å². The summed E-state index contributed by atoms with van der Waals surface area (Å²) in [6, 6.07) is 86.7. The van der Waals surface area contributed by atoms with Crippen LogP contribution in [0.1, 0.15) is 0 Å². The molecule has 312 valence electrons. The number of para-hydroxylation sites is 1. The number of benzene rings is 11. The molecule has 0 fully saturated rings. The SMILES string of the molecule is c1ccc(-c2ccc(-c3nc(-c4ccccc4)nc(-c4cc(-c5ccc6c7ccccc7c7ccccc7c6c5)cc(-n5c6ccccc6c6ccc(-c7ccccc7)cc65)c4)n3)cc2)cc1. The van der Waals surface area contributed by atoms with Crippen LogP contribution in [0.3, 0.4) is 0 Å². The zero-order valence-corrected chi connectivity index (χ0v) is 36.4. The molecule has 13 rings (SSSR count). The molecule has 67 heavy (non-hydrogen) atoms. The van der Waals surface area contributed by atoms with Crippen LogP contribution in [0.2, 0.25) is 0 Å². The summed E-state index contributed by atoms with van der Waals surface area (Å²) >= 11 is 0. The predicted octanol–water partition coefficient (Wildman–Crippen LogP) is 16.4. The van der Waals surface area contributed by atoms with Gasteiger partial charge in [0.05, 0.1) is 11.0 Å². The van der Waals surface area contributed by atoms with Gasteiger partial charge >= 0.3 is 0 Å². The van der Waals surface area contributed by atoms with Crippen LogP contribution in [0, 0.1) is 0 Å². The standard InChI is InChI=1S/C63H40N4/c1-4-16-41(17-5-1)43-28-30-45(31-29-43)62-64-61(44-20-8-3-9-21-44)65-63(66-62)49-36-48(46-32-34-55-53-24-11-10-22-51(53)52-23-12-13-25-54(52)58(55)39-46)37-50(38-49)67-59-27-15-14-26-56(59)57-35-33-47(40-60(57)67)42-18-6-2-7-19-42/h1-40H. The summed E-state index contributed by atoms with van der Waals surface area (Å²) in [5, 5.41) is 9.84. The number of aromatic nitrogens is 4. The molecule has 11 aromatic carbocycles. The second-order valence-electron chi connectivity index (χ2n) is 17.2. The second kappa shape index (κ2) is 15.9. The van der Waals surface area contributed by atoms with Gasteiger partial charge in [0.1, 0.15) is 0 Å². The Balaban J connectivity index is 1.07. The number of hydrogen-bond acceptors (Lipinski definition) is 3. The van der Waals surface area contributed by atoms with Crippen molar-refractivity contribution in [3.8, 4) is 73.2 Å². The molecule has 0 unspecified atom stereocenters. The van der Waals surface area contributed by atoms with Crippen molar-refractivity contribution >= 4 is 54.1 Å². The molecule has 0 N–H and O–H groups in total. The summed E-state index contributed by atoms with van der Waals surface area (Å²) in [5.74, 6) is 1.83. The highest BCUT2D eigenvalue weighted by molar-refractivity contribution is 6.25. The first-order chi connectivity index (χ1) is 33.2. The Hall–Kier alpha value is -8.99. The largest absolute Gasteiger partial charge is 0.309 e. The molecule has 4 heteroatoms. The molecular formula is C63H40N4. The molecule has 13 aromatic rings. The van der Waals surface area contributed by atoms with Crippen LogP contribution in [0.4, 0.5) is 0 Å². The maximum absolute atomic E-state index is 5.33. The van der Waals surface area contributed by atoms with E-state index in [1.54, 1.807) is 0 Å². The van der Waals surface area contributed by atoms with Crippen LogP contribution in [0.15, 0.2) is 243 Å². The van der Waals surface area contributed by atoms with Gasteiger partial charge in [-0.3, -0.25) is 0 Å². The van der Waals surface area contributed by atoms with Crippen LogP contribution in [-0.2, 0) is 0 Å². The van der Waals surface area contributed by atoms with E-state index in [2.05, 4.69) is 223 Å². The fourth-order valence-electron chi connectivity index (χ4n) is 9.97. The van der Waals surface area contributed by atoms with Crippen molar-refractivity contribution in [2.24, 2.45) is 0 Å². The third kappa shape index (κ3) is 6.74. The Labute approximate surface area is 387 Å². The van der Waals surface area contributed by atoms with Gasteiger partial charge in [0.25, 0.3) is 0 Å². The monoisotopic (exact) mass is 852 g/mol. The van der Waals surface area contributed by atoms with Crippen LogP contribution in [0.5, 0.6) is 0 Å². The Morgan fingerprint density at radius 1 is 0.209 bits per heavy atom. The topological polar surface area (TPSA) is 43.6 Å². The van der Waals surface area contributed by atoms with Gasteiger partial charge in [0, 0.05) is 33.2 Å². The van der Waals surface area contributed by atoms with E-state index >= 15 is 0 Å². The van der Waals surface area contributed by atoms with E-state index in [0.717, 1.165) is 61.2 Å². The van der Waals surface area contributed by atoms with E-state index in [9.17, 15) is 0 Å². The summed E-state index contributed by atoms with van der Waals surface area (Å²) in [7, 11) is 0. The Bertz CT molecular complexity index is 3970. The summed E-state index contributed by atoms with van der Waals surface area (Å²) in [4.78, 5) is 15.8. The Kier molecular flexibility index (Phi) is 9.14. The summed E-state index contributed by atoms with van der Waals surface area (Å²) < 4.78 is 2.41. The van der Waals surface area contributed by atoms with E-state index in [0.29, 0.717) is 17.5 Å². The number of nitrogens with zero attached hydrogens (tertiary/aromatic N) is 4. The first-order valence-electron chi connectivity index (χ1n) is 22.8. The highest BCUT2D eigenvalue weighted by Crippen LogP contribution is 2.41. The lowest BCUT2D eigenvalue weighted by atomic mass is 9.91. The molecule has 0 bridgehead atoms. The molecule has 0 saturated carbocycles. The maximum atomic E-state index is 5.33. The molecule has 0 aliphatic heterocycles. The highest BCUT2D eigenvalue weighted by Gasteiger charge is 2.19. The van der Waals surface area contributed by atoms with E-state index in [1.807, 2.05) is 24.3 Å². The van der Waals surface area contributed by atoms with Crippen LogP contribution < -0.4 is 0 Å². The summed E-state index contributed by atoms with van der Waals surface area (Å²) in [6.45, 7) is 0. The molecule has 0 aliphatic carbocycles. The minimum atomic E-state index is 0.599. The van der Waals surface area contributed by atoms with Crippen molar-refractivity contribution in [3.05, 3.63) is 243 Å². The third-order valence-corrected chi connectivity index (χ3v) is 13.2. The number of hydrogen-bond donors (Lipinski definition) is 0. The van der Waals surface area contributed by atoms with E-state index in [-0.39, 0.29) is 0 Å². The quantitative estimate of drug-likeness (QED) is 0.150. The Morgan fingerprint density at radius 3 is 1.19 bits per heavy atom. The fraction of sp³-hybridized carbons (Fsp3) is 0. The predicted molar refractivity (Wildman–Crippen MR) is 279 cm³/mol. The average Bonchev–Trinajstić information content (AvgIpc) is 3.75. The molecule has 0 amide bonds. The van der Waals surface area contributed by atoms with Crippen molar-refractivity contribution in [1.29, 1.82) is 0 Å². The minimum absolute atomic E-state index is 0.599. The van der Waals surface area contributed by atoms with E-state index in [4.69, 9.17) is 15.0 Å². The van der Waals surface area contributed by atoms with Crippen LogP contribution in [-0.4, -0.2) is 19.5 Å². The van der Waals surface area contributed by atoms with Crippen molar-refractivity contribution < 1.29 is 0 Å². The van der Waals surface area contributed by atoms with E-state index in [1.165, 1.54) is 48.7 Å². The van der Waals surface area contributed by atoms with Crippen molar-refractivity contribution in [2.45, 2.75) is 0 Å². The van der Waals surface area contributed by atoms with Crippen LogP contribution >= 0.6 is 0 Å². The average molecular weight is 853 g/mol. The highest BCUT2D eigenvalue weighted by atomic mass is 15.0. The molecule has 0 aliphatic rings. The summed E-state index contributed by atoms with van der Waals surface area (Å²) in [5.41, 5.74) is 12.8. The minimum Gasteiger partial charge on any atom is -0.309 e. The first kappa shape index (κ1) is 38.5. The molecule has 0 radical (unpaired) electrons. The lowest BCUT2D eigenvalue weighted by molar-refractivity contribution is 1.07. The van der Waals surface area contributed by atoms with Crippen molar-refractivity contribution in [3.63, 3.8) is 0 Å². The van der Waals surface area contributed by atoms with Gasteiger partial charge in [0.2, 0.25) is 0 Å². The molecule has 4 nitrogen and oxygen atoms in total. The van der Waals surface area contributed by atoms with Gasteiger partial charge in [-0.1, -0.05) is 206 Å². The van der Waals surface area contributed by atoms with Crippen molar-refractivity contribution in [2.75, 3.05) is 0 Å². The number of fused-ring (bicyclic) bond motifs is 9. The molecule has 0 spiro atoms. The first-order valence-corrected chi connectivity index (χ1v) is 22.8. The molecule has 0 atom stereocenters. The Morgan fingerprint density at radius 2 is 0.582 bits per heavy atom. The van der Waals surface area contributed by atoms with Crippen molar-refractivity contribution in [1.82, 2.24) is 19.5 Å². The van der Waals surface area contributed by atoms with Gasteiger partial charge in [-0.2, -0.15) is 0 Å².